The number of rotatable bonds is 8. The van der Waals surface area contributed by atoms with Crippen molar-refractivity contribution in [3.63, 3.8) is 0 Å². The number of methoxy groups -OCH3 is 1. The second-order valence-corrected chi connectivity index (χ2v) is 7.25. The average Bonchev–Trinajstić information content (AvgIpc) is 2.86. The van der Waals surface area contributed by atoms with Gasteiger partial charge in [-0.3, -0.25) is 0 Å². The number of hydrogen-bond acceptors (Lipinski definition) is 3. The van der Waals surface area contributed by atoms with Crippen LogP contribution in [0.4, 0.5) is 0 Å². The molecule has 2 aliphatic rings. The van der Waals surface area contributed by atoms with Gasteiger partial charge in [-0.15, -0.1) is 6.58 Å². The largest absolute Gasteiger partial charge is 0.383 e. The molecule has 1 aliphatic heterocycles. The Labute approximate surface area is 130 Å². The quantitative estimate of drug-likeness (QED) is 0.547. The maximum absolute atomic E-state index is 6.51. The van der Waals surface area contributed by atoms with Gasteiger partial charge in [0, 0.05) is 25.6 Å². The molecular weight excluding hydrogens is 262 g/mol. The SMILES string of the molecule is C=CC(C)(CNCCOC)CC1CCC2(CCCCC2)O1. The smallest absolute Gasteiger partial charge is 0.0687 e. The molecule has 3 heteroatoms. The van der Waals surface area contributed by atoms with Gasteiger partial charge in [-0.2, -0.15) is 0 Å². The molecule has 1 saturated carbocycles. The zero-order valence-electron chi connectivity index (χ0n) is 14.0. The highest BCUT2D eigenvalue weighted by atomic mass is 16.5. The van der Waals surface area contributed by atoms with Gasteiger partial charge in [0.2, 0.25) is 0 Å². The van der Waals surface area contributed by atoms with E-state index in [1.165, 1.54) is 44.9 Å². The van der Waals surface area contributed by atoms with Crippen molar-refractivity contribution in [2.24, 2.45) is 5.41 Å². The zero-order chi connectivity index (χ0) is 15.2. The first-order chi connectivity index (χ1) is 10.1. The molecular formula is C18H33NO2. The van der Waals surface area contributed by atoms with Crippen LogP contribution in [0.1, 0.15) is 58.3 Å². The third-order valence-electron chi connectivity index (χ3n) is 5.30. The summed E-state index contributed by atoms with van der Waals surface area (Å²) in [7, 11) is 1.74. The minimum Gasteiger partial charge on any atom is -0.383 e. The second kappa shape index (κ2) is 7.75. The second-order valence-electron chi connectivity index (χ2n) is 7.25. The molecule has 122 valence electrons. The normalized spacial score (nSPS) is 27.6. The van der Waals surface area contributed by atoms with Crippen molar-refractivity contribution in [3.8, 4) is 0 Å². The highest BCUT2D eigenvalue weighted by Crippen LogP contribution is 2.44. The number of nitrogens with one attached hydrogen (secondary N) is 1. The summed E-state index contributed by atoms with van der Waals surface area (Å²) in [5.41, 5.74) is 0.340. The zero-order valence-corrected chi connectivity index (χ0v) is 14.0. The Bertz CT molecular complexity index is 325. The molecule has 2 unspecified atom stereocenters. The van der Waals surface area contributed by atoms with E-state index in [2.05, 4.69) is 24.9 Å². The molecule has 0 amide bonds. The van der Waals surface area contributed by atoms with Gasteiger partial charge in [0.15, 0.2) is 0 Å². The average molecular weight is 295 g/mol. The Balaban J connectivity index is 1.80. The van der Waals surface area contributed by atoms with E-state index >= 15 is 0 Å². The van der Waals surface area contributed by atoms with Crippen molar-refractivity contribution in [1.82, 2.24) is 5.32 Å². The first-order valence-corrected chi connectivity index (χ1v) is 8.63. The number of ether oxygens (including phenoxy) is 2. The molecule has 2 rings (SSSR count). The van der Waals surface area contributed by atoms with E-state index < -0.39 is 0 Å². The fourth-order valence-corrected chi connectivity index (χ4v) is 3.90. The molecule has 0 radical (unpaired) electrons. The summed E-state index contributed by atoms with van der Waals surface area (Å²) in [6.45, 7) is 8.95. The van der Waals surface area contributed by atoms with Crippen LogP contribution in [-0.2, 0) is 9.47 Å². The Hall–Kier alpha value is -0.380. The Morgan fingerprint density at radius 3 is 2.76 bits per heavy atom. The molecule has 0 aromatic heterocycles. The van der Waals surface area contributed by atoms with Crippen LogP contribution in [0.3, 0.4) is 0 Å². The van der Waals surface area contributed by atoms with Gasteiger partial charge in [-0.05, 0) is 32.1 Å². The lowest BCUT2D eigenvalue weighted by molar-refractivity contribution is -0.0727. The molecule has 21 heavy (non-hydrogen) atoms. The van der Waals surface area contributed by atoms with Gasteiger partial charge in [-0.25, -0.2) is 0 Å². The summed E-state index contributed by atoms with van der Waals surface area (Å²) in [6, 6.07) is 0. The van der Waals surface area contributed by atoms with Crippen LogP contribution < -0.4 is 5.32 Å². The van der Waals surface area contributed by atoms with E-state index in [9.17, 15) is 0 Å². The Kier molecular flexibility index (Phi) is 6.27. The van der Waals surface area contributed by atoms with E-state index in [1.807, 2.05) is 0 Å². The van der Waals surface area contributed by atoms with Crippen LogP contribution in [0.15, 0.2) is 12.7 Å². The van der Waals surface area contributed by atoms with Crippen LogP contribution in [0.2, 0.25) is 0 Å². The summed E-state index contributed by atoms with van der Waals surface area (Å²) in [5, 5.41) is 3.47. The third kappa shape index (κ3) is 4.80. The topological polar surface area (TPSA) is 30.5 Å². The van der Waals surface area contributed by atoms with E-state index in [0.29, 0.717) is 6.10 Å². The lowest BCUT2D eigenvalue weighted by Gasteiger charge is -2.35. The minimum atomic E-state index is 0.110. The van der Waals surface area contributed by atoms with Crippen LogP contribution >= 0.6 is 0 Å². The summed E-state index contributed by atoms with van der Waals surface area (Å²) >= 11 is 0. The van der Waals surface area contributed by atoms with Gasteiger partial charge < -0.3 is 14.8 Å². The summed E-state index contributed by atoms with van der Waals surface area (Å²) in [5.74, 6) is 0. The molecule has 1 N–H and O–H groups in total. The fraction of sp³-hybridized carbons (Fsp3) is 0.889. The molecule has 1 spiro atoms. The molecule has 1 heterocycles. The predicted molar refractivity (Wildman–Crippen MR) is 87.6 cm³/mol. The molecule has 3 nitrogen and oxygen atoms in total. The highest BCUT2D eigenvalue weighted by Gasteiger charge is 2.42. The molecule has 0 aromatic carbocycles. The maximum atomic E-state index is 6.51. The van der Waals surface area contributed by atoms with Crippen molar-refractivity contribution in [2.75, 3.05) is 26.8 Å². The van der Waals surface area contributed by atoms with Crippen molar-refractivity contribution in [1.29, 1.82) is 0 Å². The predicted octanol–water partition coefficient (Wildman–Crippen LogP) is 3.69. The fourth-order valence-electron chi connectivity index (χ4n) is 3.90. The standard InChI is InChI=1S/C18H33NO2/c1-4-17(2,15-19-12-13-20-3)14-16-8-11-18(21-16)9-6-5-7-10-18/h4,16,19H,1,5-15H2,2-3H3. The van der Waals surface area contributed by atoms with Gasteiger partial charge in [0.25, 0.3) is 0 Å². The van der Waals surface area contributed by atoms with Crippen molar-refractivity contribution in [2.45, 2.75) is 70.0 Å². The Morgan fingerprint density at radius 1 is 1.33 bits per heavy atom. The van der Waals surface area contributed by atoms with Gasteiger partial charge in [0.05, 0.1) is 18.3 Å². The summed E-state index contributed by atoms with van der Waals surface area (Å²) in [6.07, 6.45) is 12.7. The first-order valence-electron chi connectivity index (χ1n) is 8.63. The molecule has 1 saturated heterocycles. The van der Waals surface area contributed by atoms with Gasteiger partial charge >= 0.3 is 0 Å². The van der Waals surface area contributed by atoms with Gasteiger partial charge in [0.1, 0.15) is 0 Å². The van der Waals surface area contributed by atoms with Crippen LogP contribution in [-0.4, -0.2) is 38.5 Å². The van der Waals surface area contributed by atoms with E-state index in [0.717, 1.165) is 26.1 Å². The minimum absolute atomic E-state index is 0.110. The molecule has 2 atom stereocenters. The molecule has 0 bridgehead atoms. The van der Waals surface area contributed by atoms with E-state index in [4.69, 9.17) is 9.47 Å². The lowest BCUT2D eigenvalue weighted by Crippen LogP contribution is -2.36. The van der Waals surface area contributed by atoms with Crippen molar-refractivity contribution < 1.29 is 9.47 Å². The van der Waals surface area contributed by atoms with Crippen molar-refractivity contribution >= 4 is 0 Å². The van der Waals surface area contributed by atoms with Crippen LogP contribution in [0, 0.1) is 5.41 Å². The lowest BCUT2D eigenvalue weighted by atomic mass is 9.82. The Morgan fingerprint density at radius 2 is 2.10 bits per heavy atom. The maximum Gasteiger partial charge on any atom is 0.0687 e. The monoisotopic (exact) mass is 295 g/mol. The third-order valence-corrected chi connectivity index (χ3v) is 5.30. The van der Waals surface area contributed by atoms with Crippen molar-refractivity contribution in [3.05, 3.63) is 12.7 Å². The summed E-state index contributed by atoms with van der Waals surface area (Å²) < 4.78 is 11.6. The number of hydrogen-bond donors (Lipinski definition) is 1. The van der Waals surface area contributed by atoms with E-state index in [-0.39, 0.29) is 11.0 Å². The highest BCUT2D eigenvalue weighted by molar-refractivity contribution is 4.98. The van der Waals surface area contributed by atoms with Crippen LogP contribution in [0.5, 0.6) is 0 Å². The van der Waals surface area contributed by atoms with E-state index in [1.54, 1.807) is 7.11 Å². The van der Waals surface area contributed by atoms with Crippen LogP contribution in [0.25, 0.3) is 0 Å². The first kappa shape index (κ1) is 17.0. The molecule has 0 aromatic rings. The molecule has 2 fully saturated rings. The summed E-state index contributed by atoms with van der Waals surface area (Å²) in [4.78, 5) is 0. The van der Waals surface area contributed by atoms with Gasteiger partial charge in [-0.1, -0.05) is 32.3 Å². The molecule has 1 aliphatic carbocycles.